The van der Waals surface area contributed by atoms with Crippen LogP contribution in [0.4, 0.5) is 23.4 Å². The highest BCUT2D eigenvalue weighted by molar-refractivity contribution is 6.03. The van der Waals surface area contributed by atoms with E-state index in [1.807, 2.05) is 25.1 Å². The van der Waals surface area contributed by atoms with Gasteiger partial charge in [-0.25, -0.2) is 17.6 Å². The van der Waals surface area contributed by atoms with Crippen molar-refractivity contribution in [2.45, 2.75) is 76.8 Å². The lowest BCUT2D eigenvalue weighted by molar-refractivity contribution is -0.137. The summed E-state index contributed by atoms with van der Waals surface area (Å²) in [6, 6.07) is 18.2. The van der Waals surface area contributed by atoms with Crippen LogP contribution >= 0.6 is 0 Å². The third kappa shape index (κ3) is 7.24. The molecule has 2 amide bonds. The van der Waals surface area contributed by atoms with E-state index in [-0.39, 0.29) is 17.4 Å². The summed E-state index contributed by atoms with van der Waals surface area (Å²) in [5.74, 6) is -1.21. The first kappa shape index (κ1) is 36.1. The van der Waals surface area contributed by atoms with Crippen LogP contribution in [-0.4, -0.2) is 45.0 Å². The average molecular weight is 725 g/mol. The standard InChI is InChI=1S/C41H40F4N6O2/c1-23(29-5-4-6-30(37(29)43)38(44)45)47-39-31-20-35(46-21-33(31)24(2)49-50-39)32-19-25(7-12-34(32)42)22-51-17-14-27(15-18-51)26-8-10-28(11-9-26)41(3)16-13-36(52)48-40(41)53/h4-12,19-21,23,27,38H,13-18,22H2,1-3H3,(H,47,50)(H,48,52,53)/t23-,41-/m1/s1. The number of aromatic nitrogens is 3. The zero-order valence-electron chi connectivity index (χ0n) is 29.7. The number of hydrogen-bond acceptors (Lipinski definition) is 7. The van der Waals surface area contributed by atoms with E-state index in [0.29, 0.717) is 58.8 Å². The molecule has 7 rings (SSSR count). The number of aryl methyl sites for hydroxylation is 1. The number of anilines is 1. The molecule has 2 aromatic heterocycles. The topological polar surface area (TPSA) is 100 Å². The maximum Gasteiger partial charge on any atom is 0.266 e. The van der Waals surface area contributed by atoms with Crippen LogP contribution in [0.5, 0.6) is 0 Å². The van der Waals surface area contributed by atoms with Crippen molar-refractivity contribution in [2.24, 2.45) is 0 Å². The van der Waals surface area contributed by atoms with Gasteiger partial charge < -0.3 is 5.32 Å². The van der Waals surface area contributed by atoms with Gasteiger partial charge >= 0.3 is 0 Å². The Morgan fingerprint density at radius 3 is 2.42 bits per heavy atom. The Labute approximate surface area is 305 Å². The number of alkyl halides is 2. The van der Waals surface area contributed by atoms with E-state index in [0.717, 1.165) is 43.1 Å². The van der Waals surface area contributed by atoms with Crippen molar-refractivity contribution < 1.29 is 27.2 Å². The maximum atomic E-state index is 15.4. The van der Waals surface area contributed by atoms with E-state index in [1.165, 1.54) is 23.8 Å². The SMILES string of the molecule is Cc1nnc(N[C@H](C)c2cccc(C(F)F)c2F)c2cc(-c3cc(CN4CCC(c5ccc([C@@]6(C)CCC(=O)NC6=O)cc5)CC4)ccc3F)ncc12. The largest absolute Gasteiger partial charge is 0.361 e. The number of pyridine rings is 1. The molecule has 2 N–H and O–H groups in total. The van der Waals surface area contributed by atoms with E-state index in [1.54, 1.807) is 32.2 Å². The van der Waals surface area contributed by atoms with Crippen LogP contribution in [0, 0.1) is 18.6 Å². The van der Waals surface area contributed by atoms with E-state index in [2.05, 4.69) is 42.8 Å². The molecule has 12 heteroatoms. The highest BCUT2D eigenvalue weighted by Gasteiger charge is 2.40. The van der Waals surface area contributed by atoms with Crippen LogP contribution < -0.4 is 10.6 Å². The van der Waals surface area contributed by atoms with Gasteiger partial charge in [-0.05, 0) is 93.9 Å². The molecule has 0 aliphatic carbocycles. The van der Waals surface area contributed by atoms with Gasteiger partial charge in [-0.2, -0.15) is 5.10 Å². The monoisotopic (exact) mass is 724 g/mol. The molecular formula is C41H40F4N6O2. The summed E-state index contributed by atoms with van der Waals surface area (Å²) < 4.78 is 57.1. The smallest absolute Gasteiger partial charge is 0.266 e. The summed E-state index contributed by atoms with van der Waals surface area (Å²) in [4.78, 5) is 31.2. The maximum absolute atomic E-state index is 15.4. The Bertz CT molecular complexity index is 2190. The Morgan fingerprint density at radius 1 is 0.962 bits per heavy atom. The Balaban J connectivity index is 1.05. The summed E-state index contributed by atoms with van der Waals surface area (Å²) in [7, 11) is 0. The van der Waals surface area contributed by atoms with Gasteiger partial charge in [0.05, 0.1) is 28.4 Å². The van der Waals surface area contributed by atoms with Crippen LogP contribution in [0.2, 0.25) is 0 Å². The predicted molar refractivity (Wildman–Crippen MR) is 194 cm³/mol. The summed E-state index contributed by atoms with van der Waals surface area (Å²) >= 11 is 0. The molecule has 0 radical (unpaired) electrons. The Hall–Kier alpha value is -5.23. The molecule has 53 heavy (non-hydrogen) atoms. The Morgan fingerprint density at radius 2 is 1.70 bits per heavy atom. The number of hydrogen-bond donors (Lipinski definition) is 2. The molecule has 2 saturated heterocycles. The molecule has 2 aliphatic heterocycles. The highest BCUT2D eigenvalue weighted by Crippen LogP contribution is 2.36. The van der Waals surface area contributed by atoms with Crippen LogP contribution in [0.25, 0.3) is 22.0 Å². The second-order valence-corrected chi connectivity index (χ2v) is 14.4. The minimum absolute atomic E-state index is 0.0625. The van der Waals surface area contributed by atoms with Gasteiger partial charge in [0.2, 0.25) is 11.8 Å². The number of benzene rings is 3. The molecule has 0 bridgehead atoms. The van der Waals surface area contributed by atoms with E-state index in [9.17, 15) is 22.8 Å². The molecular weight excluding hydrogens is 684 g/mol. The van der Waals surface area contributed by atoms with Gasteiger partial charge in [-0.3, -0.25) is 24.8 Å². The van der Waals surface area contributed by atoms with Gasteiger partial charge in [0.1, 0.15) is 11.6 Å². The Kier molecular flexibility index (Phi) is 9.99. The zero-order chi connectivity index (χ0) is 37.4. The third-order valence-electron chi connectivity index (χ3n) is 10.9. The minimum atomic E-state index is -2.95. The lowest BCUT2D eigenvalue weighted by atomic mass is 9.75. The summed E-state index contributed by atoms with van der Waals surface area (Å²) in [6.07, 6.45) is 1.39. The molecule has 0 spiro atoms. The van der Waals surface area contributed by atoms with Gasteiger partial charge in [-0.1, -0.05) is 48.5 Å². The van der Waals surface area contributed by atoms with Crippen molar-refractivity contribution in [1.82, 2.24) is 25.4 Å². The van der Waals surface area contributed by atoms with Crippen molar-refractivity contribution >= 4 is 28.4 Å². The quantitative estimate of drug-likeness (QED) is 0.116. The fourth-order valence-electron chi connectivity index (χ4n) is 7.53. The fraction of sp³-hybridized carbons (Fsp3) is 0.341. The lowest BCUT2D eigenvalue weighted by Gasteiger charge is -2.34. The molecule has 0 unspecified atom stereocenters. The number of amides is 2. The fourth-order valence-corrected chi connectivity index (χ4v) is 7.53. The number of carbonyl (C=O) groups is 2. The van der Waals surface area contributed by atoms with Crippen molar-refractivity contribution in [3.63, 3.8) is 0 Å². The molecule has 2 atom stereocenters. The minimum Gasteiger partial charge on any atom is -0.361 e. The summed E-state index contributed by atoms with van der Waals surface area (Å²) in [5.41, 5.74) is 3.07. The number of nitrogens with one attached hydrogen (secondary N) is 2. The number of halogens is 4. The molecule has 0 saturated carbocycles. The highest BCUT2D eigenvalue weighted by atomic mass is 19.3. The number of imide groups is 1. The van der Waals surface area contributed by atoms with E-state index < -0.39 is 35.1 Å². The van der Waals surface area contributed by atoms with Crippen molar-refractivity contribution in [2.75, 3.05) is 18.4 Å². The van der Waals surface area contributed by atoms with Crippen LogP contribution in [0.3, 0.4) is 0 Å². The average Bonchev–Trinajstić information content (AvgIpc) is 3.15. The predicted octanol–water partition coefficient (Wildman–Crippen LogP) is 8.46. The zero-order valence-corrected chi connectivity index (χ0v) is 29.7. The first-order chi connectivity index (χ1) is 25.4. The number of carbonyl (C=O) groups excluding carboxylic acids is 2. The molecule has 3 aromatic carbocycles. The number of likely N-dealkylation sites (tertiary alicyclic amines) is 1. The molecule has 2 aliphatic rings. The lowest BCUT2D eigenvalue weighted by Crippen LogP contribution is -2.49. The first-order valence-electron chi connectivity index (χ1n) is 17.8. The molecule has 274 valence electrons. The van der Waals surface area contributed by atoms with Crippen molar-refractivity contribution in [3.8, 4) is 11.3 Å². The van der Waals surface area contributed by atoms with Crippen LogP contribution in [0.1, 0.15) is 91.4 Å². The van der Waals surface area contributed by atoms with Gasteiger partial charge in [0, 0.05) is 41.1 Å². The van der Waals surface area contributed by atoms with Gasteiger partial charge in [0.15, 0.2) is 5.82 Å². The second-order valence-electron chi connectivity index (χ2n) is 14.4. The van der Waals surface area contributed by atoms with Gasteiger partial charge in [-0.15, -0.1) is 5.10 Å². The van der Waals surface area contributed by atoms with Gasteiger partial charge in [0.25, 0.3) is 6.43 Å². The number of fused-ring (bicyclic) bond motifs is 1. The molecule has 8 nitrogen and oxygen atoms in total. The molecule has 5 aromatic rings. The normalized spacial score (nSPS) is 19.1. The first-order valence-corrected chi connectivity index (χ1v) is 17.8. The van der Waals surface area contributed by atoms with Crippen molar-refractivity contribution in [3.05, 3.63) is 118 Å². The molecule has 4 heterocycles. The van der Waals surface area contributed by atoms with Crippen LogP contribution in [0.15, 0.2) is 72.9 Å². The summed E-state index contributed by atoms with van der Waals surface area (Å²) in [6.45, 7) is 7.67. The number of rotatable bonds is 9. The number of piperidine rings is 2. The van der Waals surface area contributed by atoms with Crippen LogP contribution in [-0.2, 0) is 21.5 Å². The third-order valence-corrected chi connectivity index (χ3v) is 10.9. The number of nitrogens with zero attached hydrogens (tertiary/aromatic N) is 4. The van der Waals surface area contributed by atoms with Crippen molar-refractivity contribution in [1.29, 1.82) is 0 Å². The van der Waals surface area contributed by atoms with E-state index >= 15 is 4.39 Å². The second kappa shape index (κ2) is 14.7. The van der Waals surface area contributed by atoms with E-state index in [4.69, 9.17) is 0 Å². The summed E-state index contributed by atoms with van der Waals surface area (Å²) in [5, 5.41) is 15.3. The molecule has 2 fully saturated rings.